The van der Waals surface area contributed by atoms with Gasteiger partial charge in [-0.05, 0) is 55.7 Å². The van der Waals surface area contributed by atoms with E-state index in [9.17, 15) is 10.1 Å². The lowest BCUT2D eigenvalue weighted by atomic mass is 10.1. The lowest BCUT2D eigenvalue weighted by Gasteiger charge is -2.09. The molecule has 1 heterocycles. The van der Waals surface area contributed by atoms with Crippen LogP contribution >= 0.6 is 0 Å². The largest absolute Gasteiger partial charge is 0.342 e. The standard InChI is InChI=1S/C28H25N3O/c1-19-8-6-10-22(14-19)17-31-18-24(25-11-4-5-13-27(25)31)15-23(16-29)28(32)30-26-12-7-9-20(2)21(26)3/h4-15,18H,17H2,1-3H3,(H,30,32)/b23-15-. The maximum atomic E-state index is 12.9. The first-order valence-electron chi connectivity index (χ1n) is 10.6. The highest BCUT2D eigenvalue weighted by Crippen LogP contribution is 2.25. The number of aromatic nitrogens is 1. The second kappa shape index (κ2) is 8.95. The Morgan fingerprint density at radius 3 is 2.59 bits per heavy atom. The smallest absolute Gasteiger partial charge is 0.266 e. The summed E-state index contributed by atoms with van der Waals surface area (Å²) in [6.07, 6.45) is 3.69. The van der Waals surface area contributed by atoms with Gasteiger partial charge in [0.15, 0.2) is 0 Å². The fourth-order valence-corrected chi connectivity index (χ4v) is 3.91. The molecule has 1 N–H and O–H groups in total. The van der Waals surface area contributed by atoms with Crippen LogP contribution in [0.1, 0.15) is 27.8 Å². The number of carbonyl (C=O) groups is 1. The average Bonchev–Trinajstić information content (AvgIpc) is 3.12. The van der Waals surface area contributed by atoms with E-state index < -0.39 is 5.91 Å². The normalized spacial score (nSPS) is 11.4. The topological polar surface area (TPSA) is 57.8 Å². The number of rotatable bonds is 5. The van der Waals surface area contributed by atoms with E-state index >= 15 is 0 Å². The van der Waals surface area contributed by atoms with Gasteiger partial charge in [-0.1, -0.05) is 60.2 Å². The van der Waals surface area contributed by atoms with E-state index in [0.29, 0.717) is 6.54 Å². The first kappa shape index (κ1) is 21.1. The summed E-state index contributed by atoms with van der Waals surface area (Å²) in [5.74, 6) is -0.406. The molecule has 0 spiro atoms. The van der Waals surface area contributed by atoms with Gasteiger partial charge in [-0.2, -0.15) is 5.26 Å². The van der Waals surface area contributed by atoms with Gasteiger partial charge in [0.05, 0.1) is 0 Å². The van der Waals surface area contributed by atoms with Gasteiger partial charge in [0, 0.05) is 34.9 Å². The molecule has 158 valence electrons. The number of nitrogens with one attached hydrogen (secondary N) is 1. The van der Waals surface area contributed by atoms with Gasteiger partial charge in [-0.15, -0.1) is 0 Å². The number of anilines is 1. The molecule has 0 saturated heterocycles. The van der Waals surface area contributed by atoms with E-state index in [2.05, 4.69) is 53.2 Å². The summed E-state index contributed by atoms with van der Waals surface area (Å²) in [7, 11) is 0. The molecule has 0 aliphatic heterocycles. The third kappa shape index (κ3) is 4.33. The summed E-state index contributed by atoms with van der Waals surface area (Å²) in [6, 6.07) is 24.3. The van der Waals surface area contributed by atoms with Gasteiger partial charge in [-0.3, -0.25) is 4.79 Å². The molecule has 4 rings (SSSR count). The molecule has 0 unspecified atom stereocenters. The molecule has 4 nitrogen and oxygen atoms in total. The quantitative estimate of drug-likeness (QED) is 0.311. The molecule has 0 fully saturated rings. The van der Waals surface area contributed by atoms with Crippen LogP contribution in [0.3, 0.4) is 0 Å². The predicted octanol–water partition coefficient (Wildman–Crippen LogP) is 6.16. The molecule has 0 saturated carbocycles. The minimum Gasteiger partial charge on any atom is -0.342 e. The van der Waals surface area contributed by atoms with E-state index in [0.717, 1.165) is 33.3 Å². The molecular formula is C28H25N3O. The van der Waals surface area contributed by atoms with E-state index in [1.54, 1.807) is 6.08 Å². The van der Waals surface area contributed by atoms with Crippen LogP contribution in [-0.4, -0.2) is 10.5 Å². The van der Waals surface area contributed by atoms with Gasteiger partial charge in [0.2, 0.25) is 0 Å². The average molecular weight is 420 g/mol. The molecular weight excluding hydrogens is 394 g/mol. The van der Waals surface area contributed by atoms with Crippen molar-refractivity contribution in [3.8, 4) is 6.07 Å². The van der Waals surface area contributed by atoms with Crippen molar-refractivity contribution in [2.45, 2.75) is 27.3 Å². The summed E-state index contributed by atoms with van der Waals surface area (Å²) in [6.45, 7) is 6.75. The van der Waals surface area contributed by atoms with E-state index in [1.807, 2.05) is 56.4 Å². The predicted molar refractivity (Wildman–Crippen MR) is 130 cm³/mol. The Bertz CT molecular complexity index is 1390. The number of carbonyl (C=O) groups excluding carboxylic acids is 1. The lowest BCUT2D eigenvalue weighted by molar-refractivity contribution is -0.112. The van der Waals surface area contributed by atoms with Crippen molar-refractivity contribution >= 4 is 28.6 Å². The molecule has 3 aromatic carbocycles. The van der Waals surface area contributed by atoms with Crippen LogP contribution in [-0.2, 0) is 11.3 Å². The highest BCUT2D eigenvalue weighted by atomic mass is 16.1. The van der Waals surface area contributed by atoms with Crippen molar-refractivity contribution in [2.75, 3.05) is 5.32 Å². The number of hydrogen-bond acceptors (Lipinski definition) is 2. The number of nitrogens with zero attached hydrogens (tertiary/aromatic N) is 2. The summed E-state index contributed by atoms with van der Waals surface area (Å²) in [5, 5.41) is 13.6. The van der Waals surface area contributed by atoms with Crippen LogP contribution in [0.15, 0.2) is 78.5 Å². The van der Waals surface area contributed by atoms with Gasteiger partial charge >= 0.3 is 0 Å². The molecule has 1 amide bonds. The fraction of sp³-hybridized carbons (Fsp3) is 0.143. The van der Waals surface area contributed by atoms with Crippen molar-refractivity contribution in [1.82, 2.24) is 4.57 Å². The number of hydrogen-bond donors (Lipinski definition) is 1. The Morgan fingerprint density at radius 2 is 1.81 bits per heavy atom. The highest BCUT2D eigenvalue weighted by Gasteiger charge is 2.14. The second-order valence-corrected chi connectivity index (χ2v) is 8.09. The van der Waals surface area contributed by atoms with Crippen LogP contribution in [0, 0.1) is 32.1 Å². The summed E-state index contributed by atoms with van der Waals surface area (Å²) in [5.41, 5.74) is 7.21. The summed E-state index contributed by atoms with van der Waals surface area (Å²) < 4.78 is 2.16. The molecule has 0 atom stereocenters. The van der Waals surface area contributed by atoms with Gasteiger partial charge in [0.1, 0.15) is 11.6 Å². The first-order valence-corrected chi connectivity index (χ1v) is 10.6. The molecule has 0 aliphatic rings. The minimum absolute atomic E-state index is 0.0735. The van der Waals surface area contributed by atoms with Gasteiger partial charge in [-0.25, -0.2) is 0 Å². The monoisotopic (exact) mass is 419 g/mol. The zero-order valence-corrected chi connectivity index (χ0v) is 18.5. The highest BCUT2D eigenvalue weighted by molar-refractivity contribution is 6.11. The lowest BCUT2D eigenvalue weighted by Crippen LogP contribution is -2.14. The summed E-state index contributed by atoms with van der Waals surface area (Å²) >= 11 is 0. The second-order valence-electron chi connectivity index (χ2n) is 8.09. The van der Waals surface area contributed by atoms with Crippen molar-refractivity contribution in [2.24, 2.45) is 0 Å². The Kier molecular flexibility index (Phi) is 5.91. The Labute approximate surface area is 188 Å². The third-order valence-electron chi connectivity index (χ3n) is 5.77. The zero-order valence-electron chi connectivity index (χ0n) is 18.5. The number of para-hydroxylation sites is 1. The Morgan fingerprint density at radius 1 is 1.03 bits per heavy atom. The van der Waals surface area contributed by atoms with Crippen molar-refractivity contribution in [3.05, 3.63) is 106 Å². The molecule has 0 aliphatic carbocycles. The minimum atomic E-state index is -0.406. The molecule has 4 aromatic rings. The maximum Gasteiger partial charge on any atom is 0.266 e. The number of aryl methyl sites for hydroxylation is 2. The van der Waals surface area contributed by atoms with E-state index in [1.165, 1.54) is 11.1 Å². The van der Waals surface area contributed by atoms with Crippen LogP contribution in [0.4, 0.5) is 5.69 Å². The van der Waals surface area contributed by atoms with E-state index in [4.69, 9.17) is 0 Å². The van der Waals surface area contributed by atoms with E-state index in [-0.39, 0.29) is 5.57 Å². The Balaban J connectivity index is 1.69. The molecule has 1 aromatic heterocycles. The van der Waals surface area contributed by atoms with Crippen LogP contribution in [0.2, 0.25) is 0 Å². The molecule has 32 heavy (non-hydrogen) atoms. The number of benzene rings is 3. The van der Waals surface area contributed by atoms with Crippen LogP contribution < -0.4 is 5.32 Å². The van der Waals surface area contributed by atoms with Crippen LogP contribution in [0.5, 0.6) is 0 Å². The first-order chi connectivity index (χ1) is 15.5. The SMILES string of the molecule is Cc1cccc(Cn2cc(/C=C(/C#N)C(=O)Nc3cccc(C)c3C)c3ccccc32)c1. The van der Waals surface area contributed by atoms with Gasteiger partial charge < -0.3 is 9.88 Å². The number of amides is 1. The molecule has 0 radical (unpaired) electrons. The molecule has 0 bridgehead atoms. The molecule has 4 heteroatoms. The zero-order chi connectivity index (χ0) is 22.7. The van der Waals surface area contributed by atoms with Crippen LogP contribution in [0.25, 0.3) is 17.0 Å². The number of nitriles is 1. The Hall–Kier alpha value is -4.10. The third-order valence-corrected chi connectivity index (χ3v) is 5.77. The number of fused-ring (bicyclic) bond motifs is 1. The summed E-state index contributed by atoms with van der Waals surface area (Å²) in [4.78, 5) is 12.9. The fourth-order valence-electron chi connectivity index (χ4n) is 3.91. The maximum absolute atomic E-state index is 12.9. The van der Waals surface area contributed by atoms with Crippen molar-refractivity contribution in [3.63, 3.8) is 0 Å². The van der Waals surface area contributed by atoms with Gasteiger partial charge in [0.25, 0.3) is 5.91 Å². The van der Waals surface area contributed by atoms with Crippen molar-refractivity contribution in [1.29, 1.82) is 5.26 Å². The van der Waals surface area contributed by atoms with Crippen molar-refractivity contribution < 1.29 is 4.79 Å².